The average molecular weight is 307 g/mol. The summed E-state index contributed by atoms with van der Waals surface area (Å²) in [4.78, 5) is 0. The minimum absolute atomic E-state index is 0.108. The lowest BCUT2D eigenvalue weighted by molar-refractivity contribution is -0.184. The van der Waals surface area contributed by atoms with Gasteiger partial charge in [-0.3, -0.25) is 11.3 Å². The van der Waals surface area contributed by atoms with Crippen LogP contribution in [0, 0.1) is 11.8 Å². The molecule has 0 aliphatic heterocycles. The molecule has 2 rings (SSSR count). The van der Waals surface area contributed by atoms with Crippen molar-refractivity contribution >= 4 is 11.6 Å². The molecule has 0 spiro atoms. The maximum absolute atomic E-state index is 12.7. The first-order valence-corrected chi connectivity index (χ1v) is 7.08. The summed E-state index contributed by atoms with van der Waals surface area (Å²) in [6.45, 7) is 0. The molecule has 0 saturated heterocycles. The highest BCUT2D eigenvalue weighted by Crippen LogP contribution is 2.43. The van der Waals surface area contributed by atoms with Crippen LogP contribution in [0.2, 0.25) is 5.02 Å². The number of halogens is 4. The van der Waals surface area contributed by atoms with Gasteiger partial charge in [-0.1, -0.05) is 23.7 Å². The number of nitrogens with two attached hydrogens (primary N) is 1. The van der Waals surface area contributed by atoms with E-state index in [-0.39, 0.29) is 24.8 Å². The van der Waals surface area contributed by atoms with E-state index < -0.39 is 12.1 Å². The first-order chi connectivity index (χ1) is 9.41. The molecule has 1 aliphatic carbocycles. The lowest BCUT2D eigenvalue weighted by atomic mass is 9.76. The fourth-order valence-electron chi connectivity index (χ4n) is 2.98. The van der Waals surface area contributed by atoms with Crippen LogP contribution in [0.4, 0.5) is 13.2 Å². The normalized spacial score (nSPS) is 25.4. The Hall–Kier alpha value is -0.780. The first kappa shape index (κ1) is 15.6. The Bertz CT molecular complexity index is 442. The van der Waals surface area contributed by atoms with Gasteiger partial charge in [-0.15, -0.1) is 0 Å². The molecule has 0 aromatic heterocycles. The van der Waals surface area contributed by atoms with Gasteiger partial charge in [0.25, 0.3) is 0 Å². The summed E-state index contributed by atoms with van der Waals surface area (Å²) in [5, 5.41) is 0.603. The summed E-state index contributed by atoms with van der Waals surface area (Å²) in [6.07, 6.45) is -2.69. The van der Waals surface area contributed by atoms with Gasteiger partial charge in [-0.2, -0.15) is 13.2 Å². The van der Waals surface area contributed by atoms with Crippen LogP contribution in [-0.4, -0.2) is 6.18 Å². The monoisotopic (exact) mass is 306 g/mol. The third-order valence-corrected chi connectivity index (χ3v) is 4.33. The van der Waals surface area contributed by atoms with Gasteiger partial charge >= 0.3 is 6.18 Å². The minimum Gasteiger partial charge on any atom is -0.271 e. The third kappa shape index (κ3) is 3.65. The van der Waals surface area contributed by atoms with Gasteiger partial charge < -0.3 is 0 Å². The molecule has 0 amide bonds. The summed E-state index contributed by atoms with van der Waals surface area (Å²) in [7, 11) is 0. The van der Waals surface area contributed by atoms with E-state index in [2.05, 4.69) is 5.43 Å². The molecule has 1 aromatic rings. The highest BCUT2D eigenvalue weighted by Gasteiger charge is 2.42. The fraction of sp³-hybridized carbons (Fsp3) is 0.571. The van der Waals surface area contributed by atoms with Crippen molar-refractivity contribution in [1.29, 1.82) is 0 Å². The number of benzene rings is 1. The topological polar surface area (TPSA) is 38.0 Å². The van der Waals surface area contributed by atoms with Crippen molar-refractivity contribution in [3.8, 4) is 0 Å². The summed E-state index contributed by atoms with van der Waals surface area (Å²) in [6, 6.07) is 7.14. The van der Waals surface area contributed by atoms with E-state index in [1.54, 1.807) is 6.07 Å². The predicted molar refractivity (Wildman–Crippen MR) is 73.0 cm³/mol. The molecule has 2 nitrogen and oxygen atoms in total. The van der Waals surface area contributed by atoms with Crippen LogP contribution in [0.25, 0.3) is 0 Å². The standard InChI is InChI=1S/C14H18ClF3N2/c15-12-3-1-2-10(8-12)13(20-19)9-4-6-11(7-5-9)14(16,17)18/h1-3,8-9,11,13,20H,4-7,19H2. The zero-order chi connectivity index (χ0) is 14.8. The Labute approximate surface area is 121 Å². The Morgan fingerprint density at radius 2 is 1.85 bits per heavy atom. The predicted octanol–water partition coefficient (Wildman–Crippen LogP) is 4.21. The van der Waals surface area contributed by atoms with Crippen molar-refractivity contribution in [3.63, 3.8) is 0 Å². The van der Waals surface area contributed by atoms with E-state index in [9.17, 15) is 13.2 Å². The molecule has 3 N–H and O–H groups in total. The van der Waals surface area contributed by atoms with Gasteiger partial charge in [0, 0.05) is 11.1 Å². The third-order valence-electron chi connectivity index (χ3n) is 4.09. The lowest BCUT2D eigenvalue weighted by Gasteiger charge is -2.34. The molecule has 1 aromatic carbocycles. The average Bonchev–Trinajstić information content (AvgIpc) is 2.39. The Morgan fingerprint density at radius 1 is 1.20 bits per heavy atom. The van der Waals surface area contributed by atoms with Crippen LogP contribution in [0.5, 0.6) is 0 Å². The molecule has 1 unspecified atom stereocenters. The summed E-state index contributed by atoms with van der Waals surface area (Å²) >= 11 is 5.95. The maximum Gasteiger partial charge on any atom is 0.391 e. The summed E-state index contributed by atoms with van der Waals surface area (Å²) in [5.74, 6) is 4.53. The van der Waals surface area contributed by atoms with Gasteiger partial charge in [-0.05, 0) is 49.3 Å². The van der Waals surface area contributed by atoms with Gasteiger partial charge in [-0.25, -0.2) is 0 Å². The molecule has 1 fully saturated rings. The Balaban J connectivity index is 2.04. The van der Waals surface area contributed by atoms with Crippen LogP contribution >= 0.6 is 11.6 Å². The van der Waals surface area contributed by atoms with E-state index >= 15 is 0 Å². The zero-order valence-electron chi connectivity index (χ0n) is 11.0. The largest absolute Gasteiger partial charge is 0.391 e. The SMILES string of the molecule is NNC(c1cccc(Cl)c1)C1CCC(C(F)(F)F)CC1. The maximum atomic E-state index is 12.7. The van der Waals surface area contributed by atoms with Crippen molar-refractivity contribution in [2.24, 2.45) is 17.7 Å². The van der Waals surface area contributed by atoms with Crippen molar-refractivity contribution < 1.29 is 13.2 Å². The smallest absolute Gasteiger partial charge is 0.271 e. The van der Waals surface area contributed by atoms with E-state index in [0.29, 0.717) is 17.9 Å². The molecular formula is C14H18ClF3N2. The summed E-state index contributed by atoms with van der Waals surface area (Å²) in [5.41, 5.74) is 3.66. The fourth-order valence-corrected chi connectivity index (χ4v) is 3.18. The number of hydrazine groups is 1. The van der Waals surface area contributed by atoms with Crippen LogP contribution < -0.4 is 11.3 Å². The number of hydrogen-bond donors (Lipinski definition) is 2. The minimum atomic E-state index is -4.08. The van der Waals surface area contributed by atoms with Crippen LogP contribution in [0.15, 0.2) is 24.3 Å². The Morgan fingerprint density at radius 3 is 2.35 bits per heavy atom. The number of rotatable bonds is 3. The van der Waals surface area contributed by atoms with E-state index in [1.807, 2.05) is 18.2 Å². The number of nitrogens with one attached hydrogen (secondary N) is 1. The number of hydrogen-bond acceptors (Lipinski definition) is 2. The van der Waals surface area contributed by atoms with Crippen LogP contribution in [-0.2, 0) is 0 Å². The van der Waals surface area contributed by atoms with E-state index in [4.69, 9.17) is 17.4 Å². The van der Waals surface area contributed by atoms with Crippen molar-refractivity contribution in [2.45, 2.75) is 37.9 Å². The highest BCUT2D eigenvalue weighted by atomic mass is 35.5. The lowest BCUT2D eigenvalue weighted by Crippen LogP contribution is -2.37. The van der Waals surface area contributed by atoms with Crippen molar-refractivity contribution in [3.05, 3.63) is 34.9 Å². The van der Waals surface area contributed by atoms with Crippen molar-refractivity contribution in [1.82, 2.24) is 5.43 Å². The highest BCUT2D eigenvalue weighted by molar-refractivity contribution is 6.30. The molecule has 1 aliphatic rings. The van der Waals surface area contributed by atoms with Gasteiger partial charge in [0.15, 0.2) is 0 Å². The molecule has 0 bridgehead atoms. The van der Waals surface area contributed by atoms with Crippen molar-refractivity contribution in [2.75, 3.05) is 0 Å². The molecule has 112 valence electrons. The summed E-state index contributed by atoms with van der Waals surface area (Å²) < 4.78 is 38.0. The molecule has 1 atom stereocenters. The van der Waals surface area contributed by atoms with Crippen LogP contribution in [0.3, 0.4) is 0 Å². The van der Waals surface area contributed by atoms with Gasteiger partial charge in [0.2, 0.25) is 0 Å². The molecular weight excluding hydrogens is 289 g/mol. The molecule has 0 radical (unpaired) electrons. The van der Waals surface area contributed by atoms with E-state index in [1.165, 1.54) is 0 Å². The molecule has 0 heterocycles. The quantitative estimate of drug-likeness (QED) is 0.648. The molecule has 20 heavy (non-hydrogen) atoms. The van der Waals surface area contributed by atoms with Gasteiger partial charge in [0.1, 0.15) is 0 Å². The zero-order valence-corrected chi connectivity index (χ0v) is 11.7. The van der Waals surface area contributed by atoms with Gasteiger partial charge in [0.05, 0.1) is 5.92 Å². The first-order valence-electron chi connectivity index (χ1n) is 6.70. The second-order valence-electron chi connectivity index (χ2n) is 5.35. The van der Waals surface area contributed by atoms with Crippen LogP contribution in [0.1, 0.15) is 37.3 Å². The van der Waals surface area contributed by atoms with E-state index in [0.717, 1.165) is 5.56 Å². The number of alkyl halides is 3. The second-order valence-corrected chi connectivity index (χ2v) is 5.79. The second kappa shape index (κ2) is 6.33. The molecule has 6 heteroatoms. The Kier molecular flexibility index (Phi) is 4.94. The molecule has 1 saturated carbocycles.